The predicted molar refractivity (Wildman–Crippen MR) is 62.9 cm³/mol. The van der Waals surface area contributed by atoms with Crippen molar-refractivity contribution in [1.82, 2.24) is 24.7 Å². The van der Waals surface area contributed by atoms with Crippen LogP contribution in [0.2, 0.25) is 5.28 Å². The Bertz CT molecular complexity index is 547. The molecule has 6 heteroatoms. The molecular weight excluding hydrogens is 238 g/mol. The van der Waals surface area contributed by atoms with Crippen LogP contribution in [0.5, 0.6) is 0 Å². The van der Waals surface area contributed by atoms with Crippen LogP contribution in [0, 0.1) is 6.92 Å². The molecule has 1 aliphatic rings. The van der Waals surface area contributed by atoms with Crippen LogP contribution in [-0.2, 0) is 6.54 Å². The molecule has 3 rings (SSSR count). The number of halogens is 1. The highest BCUT2D eigenvalue weighted by Crippen LogP contribution is 2.39. The number of hydrogen-bond acceptors (Lipinski definition) is 4. The molecule has 0 aliphatic heterocycles. The lowest BCUT2D eigenvalue weighted by Crippen LogP contribution is -2.07. The summed E-state index contributed by atoms with van der Waals surface area (Å²) in [5.41, 5.74) is 0.932. The first-order valence-corrected chi connectivity index (χ1v) is 5.99. The Balaban J connectivity index is 1.91. The van der Waals surface area contributed by atoms with Crippen molar-refractivity contribution in [2.24, 2.45) is 0 Å². The van der Waals surface area contributed by atoms with Gasteiger partial charge in [0.15, 0.2) is 0 Å². The Labute approximate surface area is 104 Å². The van der Waals surface area contributed by atoms with Gasteiger partial charge in [0.1, 0.15) is 11.6 Å². The summed E-state index contributed by atoms with van der Waals surface area (Å²) in [6, 6.07) is 1.89. The molecule has 2 aromatic rings. The summed E-state index contributed by atoms with van der Waals surface area (Å²) in [6.07, 6.45) is 4.11. The SMILES string of the molecule is Cc1nccc(Cn2c(Cl)nnc2C2CC2)n1. The fraction of sp³-hybridized carbons (Fsp3) is 0.455. The third-order valence-corrected chi connectivity index (χ3v) is 3.11. The lowest BCUT2D eigenvalue weighted by atomic mass is 10.3. The van der Waals surface area contributed by atoms with Crippen LogP contribution in [0.25, 0.3) is 0 Å². The van der Waals surface area contributed by atoms with E-state index in [1.165, 1.54) is 12.8 Å². The van der Waals surface area contributed by atoms with E-state index >= 15 is 0 Å². The lowest BCUT2D eigenvalue weighted by molar-refractivity contribution is 0.706. The van der Waals surface area contributed by atoms with E-state index < -0.39 is 0 Å². The highest BCUT2D eigenvalue weighted by atomic mass is 35.5. The maximum atomic E-state index is 6.05. The number of aryl methyl sites for hydroxylation is 1. The normalized spacial score (nSPS) is 15.2. The number of nitrogens with zero attached hydrogens (tertiary/aromatic N) is 5. The first-order valence-electron chi connectivity index (χ1n) is 5.61. The Hall–Kier alpha value is -1.49. The van der Waals surface area contributed by atoms with Crippen molar-refractivity contribution in [2.75, 3.05) is 0 Å². The average molecular weight is 250 g/mol. The van der Waals surface area contributed by atoms with Gasteiger partial charge >= 0.3 is 0 Å². The van der Waals surface area contributed by atoms with Gasteiger partial charge in [0.05, 0.1) is 12.2 Å². The van der Waals surface area contributed by atoms with Crippen LogP contribution in [-0.4, -0.2) is 24.7 Å². The molecule has 1 saturated carbocycles. The molecule has 0 amide bonds. The maximum absolute atomic E-state index is 6.05. The zero-order chi connectivity index (χ0) is 11.8. The monoisotopic (exact) mass is 249 g/mol. The molecule has 0 aromatic carbocycles. The molecule has 2 heterocycles. The number of hydrogen-bond donors (Lipinski definition) is 0. The summed E-state index contributed by atoms with van der Waals surface area (Å²) in [6.45, 7) is 2.49. The number of rotatable bonds is 3. The van der Waals surface area contributed by atoms with Crippen molar-refractivity contribution in [3.63, 3.8) is 0 Å². The Morgan fingerprint density at radius 1 is 1.41 bits per heavy atom. The summed E-state index contributed by atoms with van der Waals surface area (Å²) in [5.74, 6) is 2.27. The van der Waals surface area contributed by atoms with E-state index in [4.69, 9.17) is 11.6 Å². The maximum Gasteiger partial charge on any atom is 0.225 e. The minimum atomic E-state index is 0.433. The molecule has 17 heavy (non-hydrogen) atoms. The summed E-state index contributed by atoms with van der Waals surface area (Å²) in [4.78, 5) is 8.44. The molecule has 0 atom stereocenters. The van der Waals surface area contributed by atoms with Gasteiger partial charge in [0.2, 0.25) is 5.28 Å². The van der Waals surface area contributed by atoms with E-state index in [9.17, 15) is 0 Å². The molecule has 1 fully saturated rings. The first-order chi connectivity index (χ1) is 8.24. The van der Waals surface area contributed by atoms with Crippen LogP contribution in [0.3, 0.4) is 0 Å². The largest absolute Gasteiger partial charge is 0.295 e. The summed E-state index contributed by atoms with van der Waals surface area (Å²) >= 11 is 6.05. The van der Waals surface area contributed by atoms with E-state index in [-0.39, 0.29) is 0 Å². The first kappa shape index (κ1) is 10.7. The van der Waals surface area contributed by atoms with Gasteiger partial charge in [-0.3, -0.25) is 4.57 Å². The summed E-state index contributed by atoms with van der Waals surface area (Å²) in [7, 11) is 0. The Morgan fingerprint density at radius 2 is 2.24 bits per heavy atom. The molecule has 1 aliphatic carbocycles. The van der Waals surface area contributed by atoms with Crippen molar-refractivity contribution in [3.8, 4) is 0 Å². The average Bonchev–Trinajstić information content (AvgIpc) is 3.07. The minimum absolute atomic E-state index is 0.433. The molecule has 88 valence electrons. The Kier molecular flexibility index (Phi) is 2.55. The molecular formula is C11H12ClN5. The van der Waals surface area contributed by atoms with E-state index in [0.717, 1.165) is 17.3 Å². The van der Waals surface area contributed by atoms with E-state index in [1.54, 1.807) is 6.20 Å². The highest BCUT2D eigenvalue weighted by molar-refractivity contribution is 6.28. The molecule has 0 unspecified atom stereocenters. The van der Waals surface area contributed by atoms with E-state index in [2.05, 4.69) is 20.2 Å². The highest BCUT2D eigenvalue weighted by Gasteiger charge is 2.30. The van der Waals surface area contributed by atoms with Crippen LogP contribution < -0.4 is 0 Å². The van der Waals surface area contributed by atoms with Gasteiger partial charge in [0.25, 0.3) is 0 Å². The van der Waals surface area contributed by atoms with Gasteiger partial charge in [-0.05, 0) is 37.4 Å². The number of aromatic nitrogens is 5. The molecule has 0 radical (unpaired) electrons. The van der Waals surface area contributed by atoms with Gasteiger partial charge in [0, 0.05) is 12.1 Å². The van der Waals surface area contributed by atoms with Crippen molar-refractivity contribution < 1.29 is 0 Å². The van der Waals surface area contributed by atoms with Gasteiger partial charge in [-0.25, -0.2) is 9.97 Å². The van der Waals surface area contributed by atoms with Gasteiger partial charge in [-0.15, -0.1) is 10.2 Å². The predicted octanol–water partition coefficient (Wildman–Crippen LogP) is 1.96. The van der Waals surface area contributed by atoms with E-state index in [0.29, 0.717) is 17.7 Å². The zero-order valence-corrected chi connectivity index (χ0v) is 10.2. The third kappa shape index (κ3) is 2.15. The molecule has 5 nitrogen and oxygen atoms in total. The standard InChI is InChI=1S/C11H12ClN5/c1-7-13-5-4-9(14-7)6-17-10(8-2-3-8)15-16-11(17)12/h4-5,8H,2-3,6H2,1H3. The van der Waals surface area contributed by atoms with Crippen molar-refractivity contribution in [3.05, 3.63) is 34.9 Å². The molecule has 0 bridgehead atoms. The fourth-order valence-electron chi connectivity index (χ4n) is 1.84. The van der Waals surface area contributed by atoms with Crippen LogP contribution in [0.1, 0.15) is 36.1 Å². The second kappa shape index (κ2) is 4.07. The molecule has 2 aromatic heterocycles. The molecule has 0 N–H and O–H groups in total. The van der Waals surface area contributed by atoms with Gasteiger partial charge in [-0.1, -0.05) is 0 Å². The Morgan fingerprint density at radius 3 is 2.94 bits per heavy atom. The third-order valence-electron chi connectivity index (χ3n) is 2.83. The summed E-state index contributed by atoms with van der Waals surface area (Å²) < 4.78 is 1.93. The zero-order valence-electron chi connectivity index (χ0n) is 9.47. The van der Waals surface area contributed by atoms with Crippen molar-refractivity contribution in [2.45, 2.75) is 32.2 Å². The fourth-order valence-corrected chi connectivity index (χ4v) is 2.02. The minimum Gasteiger partial charge on any atom is -0.295 e. The smallest absolute Gasteiger partial charge is 0.225 e. The molecule has 0 saturated heterocycles. The van der Waals surface area contributed by atoms with Crippen LogP contribution >= 0.6 is 11.6 Å². The van der Waals surface area contributed by atoms with Crippen LogP contribution in [0.15, 0.2) is 12.3 Å². The topological polar surface area (TPSA) is 56.5 Å². The molecule has 0 spiro atoms. The van der Waals surface area contributed by atoms with Crippen LogP contribution in [0.4, 0.5) is 0 Å². The second-order valence-corrected chi connectivity index (χ2v) is 4.62. The summed E-state index contributed by atoms with van der Waals surface area (Å²) in [5, 5.41) is 8.50. The van der Waals surface area contributed by atoms with Crippen molar-refractivity contribution in [1.29, 1.82) is 0 Å². The van der Waals surface area contributed by atoms with Gasteiger partial charge < -0.3 is 0 Å². The second-order valence-electron chi connectivity index (χ2n) is 4.28. The quantitative estimate of drug-likeness (QED) is 0.834. The van der Waals surface area contributed by atoms with E-state index in [1.807, 2.05) is 17.6 Å². The van der Waals surface area contributed by atoms with Crippen molar-refractivity contribution >= 4 is 11.6 Å². The van der Waals surface area contributed by atoms with Gasteiger partial charge in [-0.2, -0.15) is 0 Å². The lowest BCUT2D eigenvalue weighted by Gasteiger charge is -2.06.